The molecule has 0 aliphatic carbocycles. The summed E-state index contributed by atoms with van der Waals surface area (Å²) in [6.45, 7) is 8.05. The summed E-state index contributed by atoms with van der Waals surface area (Å²) in [7, 11) is 0. The Kier molecular flexibility index (Phi) is 7.18. The number of benzene rings is 1. The van der Waals surface area contributed by atoms with E-state index in [1.165, 1.54) is 25.0 Å². The molecule has 1 heterocycles. The zero-order valence-electron chi connectivity index (χ0n) is 14.4. The number of likely N-dealkylation sites (tertiary alicyclic amines) is 1. The molecular formula is C18H26FN3O2. The minimum Gasteiger partial charge on any atom is -0.465 e. The monoisotopic (exact) mass is 335 g/mol. The molecular weight excluding hydrogens is 309 g/mol. The van der Waals surface area contributed by atoms with Crippen molar-refractivity contribution in [3.63, 3.8) is 0 Å². The van der Waals surface area contributed by atoms with Crippen LogP contribution >= 0.6 is 0 Å². The Morgan fingerprint density at radius 1 is 1.33 bits per heavy atom. The van der Waals surface area contributed by atoms with Gasteiger partial charge < -0.3 is 9.64 Å². The highest BCUT2D eigenvalue weighted by Crippen LogP contribution is 2.07. The van der Waals surface area contributed by atoms with Crippen LogP contribution in [0.2, 0.25) is 0 Å². The van der Waals surface area contributed by atoms with Gasteiger partial charge in [0, 0.05) is 6.54 Å². The summed E-state index contributed by atoms with van der Waals surface area (Å²) in [5, 5.41) is 2.59. The molecule has 24 heavy (non-hydrogen) atoms. The third kappa shape index (κ3) is 5.92. The average Bonchev–Trinajstić information content (AvgIpc) is 3.06. The lowest BCUT2D eigenvalue weighted by Gasteiger charge is -2.15. The van der Waals surface area contributed by atoms with Gasteiger partial charge in [-0.1, -0.05) is 26.0 Å². The fraction of sp³-hybridized carbons (Fsp3) is 0.556. The van der Waals surface area contributed by atoms with E-state index in [1.54, 1.807) is 12.1 Å². The highest BCUT2D eigenvalue weighted by molar-refractivity contribution is 6.04. The first-order valence-electron chi connectivity index (χ1n) is 8.51. The number of nitrogens with zero attached hydrogens (tertiary/aromatic N) is 2. The SMILES string of the molecule is CC(C)COC(=NCCN1CCCC1)NC(=O)c1ccccc1F. The van der Waals surface area contributed by atoms with Crippen molar-refractivity contribution in [3.05, 3.63) is 35.6 Å². The molecule has 1 fully saturated rings. The highest BCUT2D eigenvalue weighted by atomic mass is 19.1. The molecule has 6 heteroatoms. The first-order chi connectivity index (χ1) is 11.6. The van der Waals surface area contributed by atoms with E-state index in [0.29, 0.717) is 19.1 Å². The number of amides is 1. The van der Waals surface area contributed by atoms with Gasteiger partial charge in [-0.2, -0.15) is 0 Å². The second kappa shape index (κ2) is 9.37. The normalized spacial score (nSPS) is 15.8. The van der Waals surface area contributed by atoms with Crippen LogP contribution in [0.5, 0.6) is 0 Å². The van der Waals surface area contributed by atoms with Gasteiger partial charge in [-0.3, -0.25) is 10.1 Å². The molecule has 1 aliphatic heterocycles. The summed E-state index contributed by atoms with van der Waals surface area (Å²) in [5.41, 5.74) is -0.0158. The lowest BCUT2D eigenvalue weighted by Crippen LogP contribution is -2.34. The second-order valence-corrected chi connectivity index (χ2v) is 6.37. The zero-order valence-corrected chi connectivity index (χ0v) is 14.4. The first kappa shape index (κ1) is 18.4. The Morgan fingerprint density at radius 3 is 2.71 bits per heavy atom. The Hall–Kier alpha value is -1.95. The molecule has 1 saturated heterocycles. The fourth-order valence-electron chi connectivity index (χ4n) is 2.48. The van der Waals surface area contributed by atoms with Gasteiger partial charge >= 0.3 is 0 Å². The minimum absolute atomic E-state index is 0.0158. The largest absolute Gasteiger partial charge is 0.465 e. The van der Waals surface area contributed by atoms with Crippen LogP contribution in [0.15, 0.2) is 29.3 Å². The molecule has 0 saturated carbocycles. The Bertz CT molecular complexity index is 569. The van der Waals surface area contributed by atoms with Crippen LogP contribution in [0.1, 0.15) is 37.0 Å². The lowest BCUT2D eigenvalue weighted by atomic mass is 10.2. The summed E-state index contributed by atoms with van der Waals surface area (Å²) in [6.07, 6.45) is 2.45. The van der Waals surface area contributed by atoms with Gasteiger partial charge in [-0.05, 0) is 44.0 Å². The number of amidine groups is 1. The van der Waals surface area contributed by atoms with E-state index in [9.17, 15) is 9.18 Å². The molecule has 2 rings (SSSR count). The van der Waals surface area contributed by atoms with Crippen LogP contribution in [-0.4, -0.2) is 49.6 Å². The van der Waals surface area contributed by atoms with Crippen molar-refractivity contribution >= 4 is 11.9 Å². The molecule has 0 atom stereocenters. The Labute approximate surface area is 142 Å². The van der Waals surface area contributed by atoms with E-state index >= 15 is 0 Å². The van der Waals surface area contributed by atoms with Gasteiger partial charge in [0.25, 0.3) is 11.9 Å². The van der Waals surface area contributed by atoms with E-state index in [2.05, 4.69) is 15.2 Å². The fourth-order valence-corrected chi connectivity index (χ4v) is 2.48. The van der Waals surface area contributed by atoms with E-state index in [-0.39, 0.29) is 11.6 Å². The number of nitrogens with one attached hydrogen (secondary N) is 1. The number of aliphatic imine (C=N–C) groups is 1. The molecule has 1 aromatic rings. The van der Waals surface area contributed by atoms with Gasteiger partial charge in [0.1, 0.15) is 5.82 Å². The number of carbonyl (C=O) groups excluding carboxylic acids is 1. The number of carbonyl (C=O) groups is 1. The maximum atomic E-state index is 13.7. The summed E-state index contributed by atoms with van der Waals surface area (Å²) in [6, 6.07) is 6.03. The standard InChI is InChI=1S/C18H26FN3O2/c1-14(2)13-24-18(20-9-12-22-10-5-6-11-22)21-17(23)15-7-3-4-8-16(15)19/h3-4,7-8,14H,5-6,9-13H2,1-2H3,(H,20,21,23). The van der Waals surface area contributed by atoms with Gasteiger partial charge in [0.15, 0.2) is 0 Å². The van der Waals surface area contributed by atoms with Gasteiger partial charge in [0.05, 0.1) is 18.7 Å². The minimum atomic E-state index is -0.560. The molecule has 0 unspecified atom stereocenters. The molecule has 0 radical (unpaired) electrons. The molecule has 0 bridgehead atoms. The van der Waals surface area contributed by atoms with E-state index in [0.717, 1.165) is 19.6 Å². The van der Waals surface area contributed by atoms with Crippen molar-refractivity contribution in [2.24, 2.45) is 10.9 Å². The topological polar surface area (TPSA) is 53.9 Å². The van der Waals surface area contributed by atoms with Gasteiger partial charge in [0.2, 0.25) is 0 Å². The molecule has 1 aromatic carbocycles. The molecule has 5 nitrogen and oxygen atoms in total. The van der Waals surface area contributed by atoms with E-state index < -0.39 is 11.7 Å². The predicted molar refractivity (Wildman–Crippen MR) is 92.6 cm³/mol. The van der Waals surface area contributed by atoms with Crippen LogP contribution in [0.4, 0.5) is 4.39 Å². The molecule has 0 aromatic heterocycles. The van der Waals surface area contributed by atoms with E-state index in [1.807, 2.05) is 13.8 Å². The number of halogens is 1. The van der Waals surface area contributed by atoms with Crippen LogP contribution < -0.4 is 5.32 Å². The smallest absolute Gasteiger partial charge is 0.291 e. The third-order valence-corrected chi connectivity index (χ3v) is 3.76. The highest BCUT2D eigenvalue weighted by Gasteiger charge is 2.15. The number of hydrogen-bond acceptors (Lipinski definition) is 4. The predicted octanol–water partition coefficient (Wildman–Crippen LogP) is 2.68. The van der Waals surface area contributed by atoms with Crippen molar-refractivity contribution in [3.8, 4) is 0 Å². The Morgan fingerprint density at radius 2 is 2.04 bits per heavy atom. The number of hydrogen-bond donors (Lipinski definition) is 1. The van der Waals surface area contributed by atoms with Crippen LogP contribution in [0.3, 0.4) is 0 Å². The third-order valence-electron chi connectivity index (χ3n) is 3.76. The maximum Gasteiger partial charge on any atom is 0.291 e. The zero-order chi connectivity index (χ0) is 17.4. The molecule has 1 N–H and O–H groups in total. The van der Waals surface area contributed by atoms with Crippen LogP contribution in [-0.2, 0) is 4.74 Å². The Balaban J connectivity index is 1.96. The summed E-state index contributed by atoms with van der Waals surface area (Å²) >= 11 is 0. The van der Waals surface area contributed by atoms with Crippen molar-refractivity contribution in [1.29, 1.82) is 0 Å². The van der Waals surface area contributed by atoms with Gasteiger partial charge in [-0.15, -0.1) is 0 Å². The van der Waals surface area contributed by atoms with Crippen molar-refractivity contribution in [2.75, 3.05) is 32.8 Å². The molecule has 1 amide bonds. The van der Waals surface area contributed by atoms with Crippen molar-refractivity contribution in [2.45, 2.75) is 26.7 Å². The summed E-state index contributed by atoms with van der Waals surface area (Å²) in [4.78, 5) is 18.9. The van der Waals surface area contributed by atoms with Crippen LogP contribution in [0.25, 0.3) is 0 Å². The molecule has 0 spiro atoms. The van der Waals surface area contributed by atoms with Crippen molar-refractivity contribution < 1.29 is 13.9 Å². The quantitative estimate of drug-likeness (QED) is 0.642. The average molecular weight is 335 g/mol. The van der Waals surface area contributed by atoms with Gasteiger partial charge in [-0.25, -0.2) is 9.38 Å². The summed E-state index contributed by atoms with van der Waals surface area (Å²) in [5.74, 6) is -0.800. The first-order valence-corrected chi connectivity index (χ1v) is 8.51. The molecule has 132 valence electrons. The van der Waals surface area contributed by atoms with Crippen LogP contribution in [0, 0.1) is 11.7 Å². The molecule has 1 aliphatic rings. The summed E-state index contributed by atoms with van der Waals surface area (Å²) < 4.78 is 19.3. The number of rotatable bonds is 6. The van der Waals surface area contributed by atoms with Crippen molar-refractivity contribution in [1.82, 2.24) is 10.2 Å². The number of ether oxygens (including phenoxy) is 1. The second-order valence-electron chi connectivity index (χ2n) is 6.37. The lowest BCUT2D eigenvalue weighted by molar-refractivity contribution is 0.0959. The van der Waals surface area contributed by atoms with E-state index in [4.69, 9.17) is 4.74 Å². The maximum absolute atomic E-state index is 13.7.